The van der Waals surface area contributed by atoms with E-state index in [0.717, 1.165) is 29.0 Å². The highest BCUT2D eigenvalue weighted by molar-refractivity contribution is 6.21. The number of aromatic nitrogens is 3. The molecule has 2 heterocycles. The zero-order valence-corrected chi connectivity index (χ0v) is 27.2. The van der Waals surface area contributed by atoms with Gasteiger partial charge < -0.3 is 0 Å². The normalized spacial score (nSPS) is 11.4. The molecule has 0 aliphatic carbocycles. The maximum absolute atomic E-state index is 4.93. The fraction of sp³-hybridized carbons (Fsp3) is 0.0435. The van der Waals surface area contributed by atoms with E-state index in [4.69, 9.17) is 4.98 Å². The van der Waals surface area contributed by atoms with Crippen molar-refractivity contribution in [3.63, 3.8) is 0 Å². The number of rotatable bonds is 6. The van der Waals surface area contributed by atoms with Gasteiger partial charge in [-0.2, -0.15) is 0 Å². The highest BCUT2D eigenvalue weighted by Gasteiger charge is 2.17. The first kappa shape index (κ1) is 28.9. The Kier molecular flexibility index (Phi) is 7.09. The molecule has 0 saturated carbocycles. The lowest BCUT2D eigenvalue weighted by Gasteiger charge is -2.18. The van der Waals surface area contributed by atoms with E-state index >= 15 is 0 Å². The standard InChI is InChI=1S/C46H33N3/c1-2-44-48-42-19-7-8-20-43(42)49(44)37-14-10-12-35(30-37)34-11-9-13-36(29-34)46-40-17-5-3-15-38(40)45(39-16-4-6-18-41(39)46)33-23-21-31(22-24-33)32-25-27-47-28-26-32/h3-30H,2H2,1H3. The van der Waals surface area contributed by atoms with Crippen LogP contribution in [-0.2, 0) is 6.42 Å². The van der Waals surface area contributed by atoms with E-state index in [-0.39, 0.29) is 0 Å². The second kappa shape index (κ2) is 12.0. The molecule has 0 fully saturated rings. The Bertz CT molecular complexity index is 2580. The van der Waals surface area contributed by atoms with Gasteiger partial charge in [-0.25, -0.2) is 4.98 Å². The molecule has 2 aromatic heterocycles. The van der Waals surface area contributed by atoms with Crippen molar-refractivity contribution in [3.05, 3.63) is 176 Å². The van der Waals surface area contributed by atoms with Crippen LogP contribution in [0.25, 0.3) is 82.8 Å². The third-order valence-corrected chi connectivity index (χ3v) is 9.65. The average Bonchev–Trinajstić information content (AvgIpc) is 3.56. The molecule has 0 amide bonds. The summed E-state index contributed by atoms with van der Waals surface area (Å²) in [5, 5.41) is 4.99. The number of aryl methyl sites for hydroxylation is 1. The average molecular weight is 628 g/mol. The van der Waals surface area contributed by atoms with Crippen molar-refractivity contribution in [1.29, 1.82) is 0 Å². The number of fused-ring (bicyclic) bond motifs is 3. The predicted molar refractivity (Wildman–Crippen MR) is 205 cm³/mol. The van der Waals surface area contributed by atoms with E-state index in [1.807, 2.05) is 12.4 Å². The highest BCUT2D eigenvalue weighted by atomic mass is 15.1. The molecule has 9 rings (SSSR count). The zero-order valence-electron chi connectivity index (χ0n) is 27.2. The Morgan fingerprint density at radius 3 is 1.65 bits per heavy atom. The van der Waals surface area contributed by atoms with Crippen LogP contribution in [0.15, 0.2) is 170 Å². The maximum atomic E-state index is 4.93. The van der Waals surface area contributed by atoms with Crippen LogP contribution in [0, 0.1) is 0 Å². The summed E-state index contributed by atoms with van der Waals surface area (Å²) in [5.74, 6) is 1.07. The number of para-hydroxylation sites is 2. The lowest BCUT2D eigenvalue weighted by Crippen LogP contribution is -2.00. The Morgan fingerprint density at radius 1 is 0.449 bits per heavy atom. The van der Waals surface area contributed by atoms with Crippen molar-refractivity contribution in [2.75, 3.05) is 0 Å². The molecule has 0 unspecified atom stereocenters. The lowest BCUT2D eigenvalue weighted by molar-refractivity contribution is 0.908. The van der Waals surface area contributed by atoms with Crippen LogP contribution >= 0.6 is 0 Å². The fourth-order valence-electron chi connectivity index (χ4n) is 7.40. The molecule has 0 spiro atoms. The Morgan fingerprint density at radius 2 is 0.980 bits per heavy atom. The number of nitrogens with zero attached hydrogens (tertiary/aromatic N) is 3. The molecule has 0 bridgehead atoms. The molecular formula is C46H33N3. The Hall–Kier alpha value is -6.32. The first-order valence-electron chi connectivity index (χ1n) is 16.9. The second-order valence-corrected chi connectivity index (χ2v) is 12.5. The summed E-state index contributed by atoms with van der Waals surface area (Å²) in [7, 11) is 0. The molecule has 7 aromatic carbocycles. The van der Waals surface area contributed by atoms with Crippen LogP contribution in [0.2, 0.25) is 0 Å². The molecule has 0 radical (unpaired) electrons. The van der Waals surface area contributed by atoms with E-state index in [9.17, 15) is 0 Å². The van der Waals surface area contributed by atoms with Gasteiger partial charge in [0.25, 0.3) is 0 Å². The summed E-state index contributed by atoms with van der Waals surface area (Å²) in [6.45, 7) is 2.17. The number of pyridine rings is 1. The minimum Gasteiger partial charge on any atom is -0.296 e. The first-order chi connectivity index (χ1) is 24.3. The van der Waals surface area contributed by atoms with Crippen LogP contribution < -0.4 is 0 Å². The van der Waals surface area contributed by atoms with Gasteiger partial charge in [0.05, 0.1) is 11.0 Å². The van der Waals surface area contributed by atoms with E-state index in [1.165, 1.54) is 66.1 Å². The van der Waals surface area contributed by atoms with Crippen molar-refractivity contribution >= 4 is 32.6 Å². The van der Waals surface area contributed by atoms with Gasteiger partial charge in [-0.1, -0.05) is 122 Å². The summed E-state index contributed by atoms with van der Waals surface area (Å²) in [5.41, 5.74) is 12.9. The van der Waals surface area contributed by atoms with E-state index in [0.29, 0.717) is 0 Å². The minimum atomic E-state index is 0.861. The van der Waals surface area contributed by atoms with Crippen LogP contribution in [0.1, 0.15) is 12.7 Å². The monoisotopic (exact) mass is 627 g/mol. The molecule has 49 heavy (non-hydrogen) atoms. The first-order valence-corrected chi connectivity index (χ1v) is 16.9. The topological polar surface area (TPSA) is 30.7 Å². The van der Waals surface area contributed by atoms with Gasteiger partial charge in [0, 0.05) is 24.5 Å². The Balaban J connectivity index is 1.19. The fourth-order valence-corrected chi connectivity index (χ4v) is 7.40. The van der Waals surface area contributed by atoms with Crippen molar-refractivity contribution in [1.82, 2.24) is 14.5 Å². The van der Waals surface area contributed by atoms with Crippen LogP contribution in [0.3, 0.4) is 0 Å². The second-order valence-electron chi connectivity index (χ2n) is 12.5. The van der Waals surface area contributed by atoms with Crippen molar-refractivity contribution in [3.8, 4) is 50.2 Å². The summed E-state index contributed by atoms with van der Waals surface area (Å²) < 4.78 is 2.30. The summed E-state index contributed by atoms with van der Waals surface area (Å²) in [6, 6.07) is 57.0. The van der Waals surface area contributed by atoms with Gasteiger partial charge >= 0.3 is 0 Å². The van der Waals surface area contributed by atoms with Gasteiger partial charge in [0.15, 0.2) is 0 Å². The minimum absolute atomic E-state index is 0.861. The third-order valence-electron chi connectivity index (χ3n) is 9.65. The van der Waals surface area contributed by atoms with E-state index < -0.39 is 0 Å². The lowest BCUT2D eigenvalue weighted by atomic mass is 9.85. The molecule has 9 aromatic rings. The quantitative estimate of drug-likeness (QED) is 0.172. The van der Waals surface area contributed by atoms with E-state index in [1.54, 1.807) is 0 Å². The summed E-state index contributed by atoms with van der Waals surface area (Å²) >= 11 is 0. The Labute approximate surface area is 285 Å². The van der Waals surface area contributed by atoms with Crippen molar-refractivity contribution < 1.29 is 0 Å². The van der Waals surface area contributed by atoms with Crippen molar-refractivity contribution in [2.24, 2.45) is 0 Å². The van der Waals surface area contributed by atoms with Crippen LogP contribution in [-0.4, -0.2) is 14.5 Å². The van der Waals surface area contributed by atoms with Crippen molar-refractivity contribution in [2.45, 2.75) is 13.3 Å². The molecule has 0 aliphatic rings. The molecule has 232 valence electrons. The largest absolute Gasteiger partial charge is 0.296 e. The van der Waals surface area contributed by atoms with Crippen LogP contribution in [0.4, 0.5) is 0 Å². The van der Waals surface area contributed by atoms with Gasteiger partial charge in [-0.15, -0.1) is 0 Å². The molecule has 0 saturated heterocycles. The number of hydrogen-bond acceptors (Lipinski definition) is 2. The number of hydrogen-bond donors (Lipinski definition) is 0. The molecular weight excluding hydrogens is 595 g/mol. The predicted octanol–water partition coefficient (Wildman–Crippen LogP) is 12.0. The van der Waals surface area contributed by atoms with Gasteiger partial charge in [0.2, 0.25) is 0 Å². The van der Waals surface area contributed by atoms with E-state index in [2.05, 4.69) is 174 Å². The number of benzene rings is 7. The maximum Gasteiger partial charge on any atom is 0.114 e. The van der Waals surface area contributed by atoms with Gasteiger partial charge in [-0.05, 0) is 109 Å². The van der Waals surface area contributed by atoms with Crippen LogP contribution in [0.5, 0.6) is 0 Å². The zero-order chi connectivity index (χ0) is 32.7. The van der Waals surface area contributed by atoms with Gasteiger partial charge in [-0.3, -0.25) is 9.55 Å². The smallest absolute Gasteiger partial charge is 0.114 e. The molecule has 3 heteroatoms. The summed E-state index contributed by atoms with van der Waals surface area (Å²) in [4.78, 5) is 9.12. The highest BCUT2D eigenvalue weighted by Crippen LogP contribution is 2.44. The summed E-state index contributed by atoms with van der Waals surface area (Å²) in [6.07, 6.45) is 4.55. The number of imidazole rings is 1. The SMILES string of the molecule is CCc1nc2ccccc2n1-c1cccc(-c2cccc(-c3c4ccccc4c(-c4ccc(-c5ccncc5)cc4)c4ccccc34)c2)c1. The third kappa shape index (κ3) is 4.99. The molecule has 0 aliphatic heterocycles. The molecule has 3 nitrogen and oxygen atoms in total. The molecule has 0 atom stereocenters. The van der Waals surface area contributed by atoms with Gasteiger partial charge in [0.1, 0.15) is 5.82 Å². The molecule has 0 N–H and O–H groups in total.